The van der Waals surface area contributed by atoms with Crippen LogP contribution in [0.4, 0.5) is 0 Å². The highest BCUT2D eigenvalue weighted by molar-refractivity contribution is 5.93. The van der Waals surface area contributed by atoms with Gasteiger partial charge in [0.05, 0.1) is 6.61 Å². The van der Waals surface area contributed by atoms with Gasteiger partial charge in [-0.15, -0.1) is 0 Å². The van der Waals surface area contributed by atoms with Gasteiger partial charge in [0.15, 0.2) is 0 Å². The van der Waals surface area contributed by atoms with Crippen molar-refractivity contribution < 1.29 is 9.53 Å². The molecule has 6 nitrogen and oxygen atoms in total. The van der Waals surface area contributed by atoms with Crippen LogP contribution in [-0.2, 0) is 10.2 Å². The van der Waals surface area contributed by atoms with Crippen LogP contribution in [-0.4, -0.2) is 35.6 Å². The summed E-state index contributed by atoms with van der Waals surface area (Å²) in [7, 11) is 0. The summed E-state index contributed by atoms with van der Waals surface area (Å²) in [6.45, 7) is 2.04. The molecule has 4 saturated carbocycles. The Morgan fingerprint density at radius 2 is 1.93 bits per heavy atom. The van der Waals surface area contributed by atoms with E-state index in [4.69, 9.17) is 4.74 Å². The summed E-state index contributed by atoms with van der Waals surface area (Å²) in [4.78, 5) is 32.7. The molecule has 1 aromatic heterocycles. The lowest BCUT2D eigenvalue weighted by molar-refractivity contribution is -0.00954. The summed E-state index contributed by atoms with van der Waals surface area (Å²) in [6.07, 6.45) is 11.1. The molecule has 4 aliphatic carbocycles. The maximum Gasteiger partial charge on any atom is 0.263 e. The molecule has 5 aliphatic rings. The number of H-pyrrole nitrogens is 1. The third-order valence-corrected chi connectivity index (χ3v) is 7.39. The third-order valence-electron chi connectivity index (χ3n) is 7.39. The molecule has 27 heavy (non-hydrogen) atoms. The molecule has 1 amide bonds. The summed E-state index contributed by atoms with van der Waals surface area (Å²) in [5.74, 6) is 3.21. The molecule has 0 aromatic carbocycles. The van der Waals surface area contributed by atoms with Crippen molar-refractivity contribution in [3.63, 3.8) is 0 Å². The van der Waals surface area contributed by atoms with Crippen molar-refractivity contribution in [3.8, 4) is 0 Å². The fraction of sp³-hybridized carbons (Fsp3) is 0.762. The summed E-state index contributed by atoms with van der Waals surface area (Å²) in [6, 6.07) is 0. The first-order chi connectivity index (χ1) is 13.1. The smallest absolute Gasteiger partial charge is 0.263 e. The van der Waals surface area contributed by atoms with E-state index in [1.807, 2.05) is 0 Å². The minimum Gasteiger partial charge on any atom is -0.381 e. The second kappa shape index (κ2) is 6.73. The monoisotopic (exact) mass is 371 g/mol. The maximum absolute atomic E-state index is 12.6. The molecule has 146 valence electrons. The van der Waals surface area contributed by atoms with Crippen molar-refractivity contribution in [2.24, 2.45) is 23.7 Å². The lowest BCUT2D eigenvalue weighted by Crippen LogP contribution is -2.50. The van der Waals surface area contributed by atoms with Crippen molar-refractivity contribution in [2.45, 2.75) is 56.8 Å². The molecule has 4 bridgehead atoms. The number of aromatic nitrogens is 2. The average Bonchev–Trinajstić information content (AvgIpc) is 2.66. The zero-order valence-corrected chi connectivity index (χ0v) is 15.8. The Bertz CT molecular complexity index is 746. The van der Waals surface area contributed by atoms with Gasteiger partial charge in [0.25, 0.3) is 11.5 Å². The molecule has 1 saturated heterocycles. The summed E-state index contributed by atoms with van der Waals surface area (Å²) in [5.41, 5.74) is -0.129. The Balaban J connectivity index is 1.31. The average molecular weight is 371 g/mol. The Hall–Kier alpha value is -1.69. The van der Waals surface area contributed by atoms with E-state index < -0.39 is 0 Å². The second-order valence-electron chi connectivity index (χ2n) is 9.47. The number of hydrogen-bond acceptors (Lipinski definition) is 4. The van der Waals surface area contributed by atoms with Gasteiger partial charge in [0.1, 0.15) is 11.4 Å². The molecule has 0 radical (unpaired) electrons. The van der Waals surface area contributed by atoms with Gasteiger partial charge in [-0.25, -0.2) is 4.98 Å². The zero-order valence-electron chi connectivity index (χ0n) is 15.8. The third kappa shape index (κ3) is 3.22. The van der Waals surface area contributed by atoms with Crippen LogP contribution >= 0.6 is 0 Å². The van der Waals surface area contributed by atoms with Crippen LogP contribution in [0.2, 0.25) is 0 Å². The van der Waals surface area contributed by atoms with Crippen LogP contribution < -0.4 is 10.9 Å². The van der Waals surface area contributed by atoms with Gasteiger partial charge in [0.2, 0.25) is 0 Å². The Morgan fingerprint density at radius 3 is 2.52 bits per heavy atom. The number of aromatic amines is 1. The van der Waals surface area contributed by atoms with Crippen molar-refractivity contribution in [1.29, 1.82) is 0 Å². The van der Waals surface area contributed by atoms with E-state index in [-0.39, 0.29) is 22.4 Å². The van der Waals surface area contributed by atoms with Gasteiger partial charge in [-0.1, -0.05) is 0 Å². The predicted octanol–water partition coefficient (Wildman–Crippen LogP) is 2.39. The second-order valence-corrected chi connectivity index (χ2v) is 9.47. The lowest BCUT2D eigenvalue weighted by atomic mass is 9.49. The quantitative estimate of drug-likeness (QED) is 0.851. The fourth-order valence-electron chi connectivity index (χ4n) is 6.53. The van der Waals surface area contributed by atoms with E-state index in [1.165, 1.54) is 25.5 Å². The largest absolute Gasteiger partial charge is 0.381 e. The standard InChI is InChI=1S/C21H29N3O3/c25-18(22-10-13-2-1-3-27-12-13)17-11-23-20(24-19(17)26)21-7-14-4-15(8-21)6-16(5-14)9-21/h11,13-16H,1-10,12H2,(H,22,25)(H,23,24,26)/t13-,14?,15?,16?,21?/m0/s1. The highest BCUT2D eigenvalue weighted by Crippen LogP contribution is 2.59. The number of nitrogens with zero attached hydrogens (tertiary/aromatic N) is 1. The van der Waals surface area contributed by atoms with E-state index in [9.17, 15) is 9.59 Å². The minimum absolute atomic E-state index is 0.0440. The number of hydrogen-bond donors (Lipinski definition) is 2. The van der Waals surface area contributed by atoms with Crippen molar-refractivity contribution >= 4 is 5.91 Å². The van der Waals surface area contributed by atoms with Gasteiger partial charge in [-0.3, -0.25) is 9.59 Å². The zero-order chi connectivity index (χ0) is 18.4. The van der Waals surface area contributed by atoms with Crippen LogP contribution in [0.25, 0.3) is 0 Å². The Labute approximate surface area is 159 Å². The van der Waals surface area contributed by atoms with Crippen LogP contribution in [0.5, 0.6) is 0 Å². The molecule has 1 aromatic rings. The molecule has 0 unspecified atom stereocenters. The normalized spacial score (nSPS) is 37.3. The number of carbonyl (C=O) groups excluding carboxylic acids is 1. The summed E-state index contributed by atoms with van der Waals surface area (Å²) >= 11 is 0. The van der Waals surface area contributed by atoms with E-state index in [1.54, 1.807) is 0 Å². The SMILES string of the molecule is O=C(NC[C@@H]1CCCOC1)c1cnc(C23CC4CC(CC(C4)C2)C3)[nH]c1=O. The van der Waals surface area contributed by atoms with Crippen molar-refractivity contribution in [3.05, 3.63) is 27.9 Å². The number of ether oxygens (including phenoxy) is 1. The first-order valence-corrected chi connectivity index (χ1v) is 10.6. The predicted molar refractivity (Wildman–Crippen MR) is 101 cm³/mol. The van der Waals surface area contributed by atoms with Crippen LogP contribution in [0, 0.1) is 23.7 Å². The molecule has 2 N–H and O–H groups in total. The van der Waals surface area contributed by atoms with E-state index >= 15 is 0 Å². The molecular weight excluding hydrogens is 342 g/mol. The van der Waals surface area contributed by atoms with Gasteiger partial charge >= 0.3 is 0 Å². The highest BCUT2D eigenvalue weighted by Gasteiger charge is 2.52. The van der Waals surface area contributed by atoms with Gasteiger partial charge < -0.3 is 15.0 Å². The van der Waals surface area contributed by atoms with Crippen LogP contribution in [0.15, 0.2) is 11.0 Å². The molecule has 6 heteroatoms. The first-order valence-electron chi connectivity index (χ1n) is 10.6. The fourth-order valence-corrected chi connectivity index (χ4v) is 6.53. The number of rotatable bonds is 4. The molecular formula is C21H29N3O3. The molecule has 6 rings (SSSR count). The highest BCUT2D eigenvalue weighted by atomic mass is 16.5. The van der Waals surface area contributed by atoms with Gasteiger partial charge in [0, 0.05) is 24.8 Å². The molecule has 1 atom stereocenters. The van der Waals surface area contributed by atoms with Gasteiger partial charge in [-0.2, -0.15) is 0 Å². The lowest BCUT2D eigenvalue weighted by Gasteiger charge is -2.56. The maximum atomic E-state index is 12.6. The molecule has 5 fully saturated rings. The van der Waals surface area contributed by atoms with Crippen LogP contribution in [0.3, 0.4) is 0 Å². The summed E-state index contributed by atoms with van der Waals surface area (Å²) in [5, 5.41) is 2.89. The number of nitrogens with one attached hydrogen (secondary N) is 2. The first kappa shape index (κ1) is 17.4. The Kier molecular flexibility index (Phi) is 4.34. The molecule has 1 aliphatic heterocycles. The van der Waals surface area contributed by atoms with Crippen molar-refractivity contribution in [1.82, 2.24) is 15.3 Å². The van der Waals surface area contributed by atoms with E-state index in [0.29, 0.717) is 19.1 Å². The molecule has 0 spiro atoms. The van der Waals surface area contributed by atoms with Crippen molar-refractivity contribution in [2.75, 3.05) is 19.8 Å². The minimum atomic E-state index is -0.327. The topological polar surface area (TPSA) is 84.1 Å². The number of carbonyl (C=O) groups is 1. The number of amides is 1. The van der Waals surface area contributed by atoms with Gasteiger partial charge in [-0.05, 0) is 75.0 Å². The van der Waals surface area contributed by atoms with Crippen LogP contribution in [0.1, 0.15) is 67.5 Å². The molecule has 2 heterocycles. The van der Waals surface area contributed by atoms with E-state index in [0.717, 1.165) is 62.3 Å². The van der Waals surface area contributed by atoms with E-state index in [2.05, 4.69) is 15.3 Å². The Morgan fingerprint density at radius 1 is 1.22 bits per heavy atom. The summed E-state index contributed by atoms with van der Waals surface area (Å²) < 4.78 is 5.44.